The van der Waals surface area contributed by atoms with Gasteiger partial charge < -0.3 is 5.32 Å². The van der Waals surface area contributed by atoms with Gasteiger partial charge in [0.2, 0.25) is 0 Å². The maximum absolute atomic E-state index is 4.72. The Morgan fingerprint density at radius 2 is 1.86 bits per heavy atom. The summed E-state index contributed by atoms with van der Waals surface area (Å²) in [6, 6.07) is 12.5. The first kappa shape index (κ1) is 13.8. The molecule has 0 atom stereocenters. The van der Waals surface area contributed by atoms with Gasteiger partial charge in [0.25, 0.3) is 0 Å². The van der Waals surface area contributed by atoms with Gasteiger partial charge in [0, 0.05) is 16.6 Å². The predicted molar refractivity (Wildman–Crippen MR) is 89.3 cm³/mol. The second kappa shape index (κ2) is 5.66. The van der Waals surface area contributed by atoms with Gasteiger partial charge in [-0.3, -0.25) is 0 Å². The van der Waals surface area contributed by atoms with E-state index in [9.17, 15) is 0 Å². The third-order valence-electron chi connectivity index (χ3n) is 3.25. The molecule has 0 aliphatic rings. The molecule has 21 heavy (non-hydrogen) atoms. The van der Waals surface area contributed by atoms with Crippen LogP contribution in [0.4, 0.5) is 10.9 Å². The van der Waals surface area contributed by atoms with E-state index in [-0.39, 0.29) is 0 Å². The molecule has 0 fully saturated rings. The van der Waals surface area contributed by atoms with Crippen molar-refractivity contribution in [3.63, 3.8) is 0 Å². The molecule has 0 bridgehead atoms. The highest BCUT2D eigenvalue weighted by molar-refractivity contribution is 7.15. The number of aromatic nitrogens is 2. The van der Waals surface area contributed by atoms with E-state index in [2.05, 4.69) is 42.3 Å². The number of hydrogen-bond acceptors (Lipinski definition) is 4. The molecule has 3 aromatic rings. The topological polar surface area (TPSA) is 37.8 Å². The number of benzene rings is 1. The highest BCUT2D eigenvalue weighted by Gasteiger charge is 2.07. The van der Waals surface area contributed by atoms with Crippen molar-refractivity contribution in [2.75, 3.05) is 5.32 Å². The summed E-state index contributed by atoms with van der Waals surface area (Å²) in [5.74, 6) is 0.836. The Kier molecular flexibility index (Phi) is 3.71. The van der Waals surface area contributed by atoms with Crippen LogP contribution in [0, 0.1) is 20.8 Å². The Morgan fingerprint density at radius 1 is 1.05 bits per heavy atom. The standard InChI is InChI=1S/C17H17N3S/c1-11-8-15(14-7-5-4-6-12(14)2)19-16(9-11)20-17-18-10-13(3)21-17/h4-10H,1-3H3,(H,18,19,20). The fourth-order valence-corrected chi connectivity index (χ4v) is 2.92. The lowest BCUT2D eigenvalue weighted by atomic mass is 10.0. The number of aryl methyl sites for hydroxylation is 3. The summed E-state index contributed by atoms with van der Waals surface area (Å²) in [5.41, 5.74) is 4.56. The first-order valence-corrected chi connectivity index (χ1v) is 7.67. The zero-order chi connectivity index (χ0) is 14.8. The van der Waals surface area contributed by atoms with Crippen LogP contribution in [-0.4, -0.2) is 9.97 Å². The minimum atomic E-state index is 0.836. The molecule has 3 nitrogen and oxygen atoms in total. The second-order valence-electron chi connectivity index (χ2n) is 5.13. The van der Waals surface area contributed by atoms with E-state index in [1.165, 1.54) is 21.6 Å². The molecular weight excluding hydrogens is 278 g/mol. The highest BCUT2D eigenvalue weighted by atomic mass is 32.1. The third kappa shape index (κ3) is 3.11. The zero-order valence-corrected chi connectivity index (χ0v) is 13.2. The smallest absolute Gasteiger partial charge is 0.188 e. The van der Waals surface area contributed by atoms with Crippen molar-refractivity contribution in [2.24, 2.45) is 0 Å². The molecule has 106 valence electrons. The number of thiazole rings is 1. The van der Waals surface area contributed by atoms with Crippen LogP contribution in [0.25, 0.3) is 11.3 Å². The summed E-state index contributed by atoms with van der Waals surface area (Å²) in [6.07, 6.45) is 1.87. The van der Waals surface area contributed by atoms with Crippen molar-refractivity contribution in [1.82, 2.24) is 9.97 Å². The van der Waals surface area contributed by atoms with Crippen LogP contribution in [-0.2, 0) is 0 Å². The van der Waals surface area contributed by atoms with E-state index in [1.54, 1.807) is 11.3 Å². The van der Waals surface area contributed by atoms with Crippen molar-refractivity contribution in [2.45, 2.75) is 20.8 Å². The van der Waals surface area contributed by atoms with Crippen LogP contribution in [0.2, 0.25) is 0 Å². The molecule has 0 spiro atoms. The summed E-state index contributed by atoms with van der Waals surface area (Å²) < 4.78 is 0. The van der Waals surface area contributed by atoms with Crippen LogP contribution in [0.5, 0.6) is 0 Å². The minimum absolute atomic E-state index is 0.836. The molecule has 2 aromatic heterocycles. The molecule has 0 aliphatic heterocycles. The van der Waals surface area contributed by atoms with E-state index in [1.807, 2.05) is 31.3 Å². The monoisotopic (exact) mass is 295 g/mol. The van der Waals surface area contributed by atoms with Crippen LogP contribution >= 0.6 is 11.3 Å². The summed E-state index contributed by atoms with van der Waals surface area (Å²) in [5, 5.41) is 4.17. The molecule has 0 amide bonds. The number of nitrogens with zero attached hydrogens (tertiary/aromatic N) is 2. The normalized spacial score (nSPS) is 10.6. The molecule has 0 saturated heterocycles. The summed E-state index contributed by atoms with van der Waals surface area (Å²) in [6.45, 7) is 6.24. The molecule has 0 saturated carbocycles. The number of hydrogen-bond donors (Lipinski definition) is 1. The molecule has 2 heterocycles. The molecular formula is C17H17N3S. The van der Waals surface area contributed by atoms with Crippen molar-refractivity contribution < 1.29 is 0 Å². The molecule has 0 aliphatic carbocycles. The fraction of sp³-hybridized carbons (Fsp3) is 0.176. The average Bonchev–Trinajstić information content (AvgIpc) is 2.84. The van der Waals surface area contributed by atoms with Crippen molar-refractivity contribution >= 4 is 22.3 Å². The largest absolute Gasteiger partial charge is 0.316 e. The molecule has 3 rings (SSSR count). The van der Waals surface area contributed by atoms with E-state index in [0.717, 1.165) is 16.6 Å². The van der Waals surface area contributed by atoms with Crippen LogP contribution in [0.15, 0.2) is 42.6 Å². The van der Waals surface area contributed by atoms with Gasteiger partial charge in [-0.05, 0) is 44.0 Å². The van der Waals surface area contributed by atoms with Crippen LogP contribution < -0.4 is 5.32 Å². The summed E-state index contributed by atoms with van der Waals surface area (Å²) in [4.78, 5) is 10.2. The van der Waals surface area contributed by atoms with Crippen LogP contribution in [0.3, 0.4) is 0 Å². The van der Waals surface area contributed by atoms with Crippen molar-refractivity contribution in [3.8, 4) is 11.3 Å². The Morgan fingerprint density at radius 3 is 2.57 bits per heavy atom. The van der Waals surface area contributed by atoms with E-state index >= 15 is 0 Å². The van der Waals surface area contributed by atoms with E-state index < -0.39 is 0 Å². The summed E-state index contributed by atoms with van der Waals surface area (Å²) >= 11 is 1.63. The van der Waals surface area contributed by atoms with Crippen LogP contribution in [0.1, 0.15) is 16.0 Å². The highest BCUT2D eigenvalue weighted by Crippen LogP contribution is 2.26. The lowest BCUT2D eigenvalue weighted by molar-refractivity contribution is 1.25. The maximum atomic E-state index is 4.72. The van der Waals surface area contributed by atoms with Crippen molar-refractivity contribution in [1.29, 1.82) is 0 Å². The number of anilines is 2. The van der Waals surface area contributed by atoms with Gasteiger partial charge >= 0.3 is 0 Å². The molecule has 1 aromatic carbocycles. The quantitative estimate of drug-likeness (QED) is 0.748. The lowest BCUT2D eigenvalue weighted by Crippen LogP contribution is -1.96. The molecule has 0 radical (unpaired) electrons. The first-order valence-electron chi connectivity index (χ1n) is 6.86. The average molecular weight is 295 g/mol. The van der Waals surface area contributed by atoms with E-state index in [4.69, 9.17) is 4.98 Å². The predicted octanol–water partition coefficient (Wildman–Crippen LogP) is 4.87. The Balaban J connectivity index is 1.98. The third-order valence-corrected chi connectivity index (χ3v) is 4.08. The van der Waals surface area contributed by atoms with Gasteiger partial charge in [-0.1, -0.05) is 24.3 Å². The van der Waals surface area contributed by atoms with Gasteiger partial charge in [-0.25, -0.2) is 9.97 Å². The first-order chi connectivity index (χ1) is 10.1. The van der Waals surface area contributed by atoms with Gasteiger partial charge in [0.15, 0.2) is 5.13 Å². The minimum Gasteiger partial charge on any atom is -0.316 e. The van der Waals surface area contributed by atoms with Gasteiger partial charge in [0.1, 0.15) is 5.82 Å². The Hall–Kier alpha value is -2.20. The fourth-order valence-electron chi connectivity index (χ4n) is 2.25. The zero-order valence-electron chi connectivity index (χ0n) is 12.3. The van der Waals surface area contributed by atoms with E-state index in [0.29, 0.717) is 0 Å². The number of nitrogens with one attached hydrogen (secondary N) is 1. The number of rotatable bonds is 3. The molecule has 0 unspecified atom stereocenters. The van der Waals surface area contributed by atoms with Gasteiger partial charge in [0.05, 0.1) is 5.69 Å². The molecule has 1 N–H and O–H groups in total. The van der Waals surface area contributed by atoms with Gasteiger partial charge in [-0.15, -0.1) is 11.3 Å². The maximum Gasteiger partial charge on any atom is 0.188 e. The van der Waals surface area contributed by atoms with Crippen molar-refractivity contribution in [3.05, 3.63) is 58.6 Å². The van der Waals surface area contributed by atoms with Gasteiger partial charge in [-0.2, -0.15) is 0 Å². The summed E-state index contributed by atoms with van der Waals surface area (Å²) in [7, 11) is 0. The second-order valence-corrected chi connectivity index (χ2v) is 6.37. The SMILES string of the molecule is Cc1cc(Nc2ncc(C)s2)nc(-c2ccccc2C)c1. The molecule has 4 heteroatoms. The Bertz CT molecular complexity index is 777. The Labute approximate surface area is 128 Å². The lowest BCUT2D eigenvalue weighted by Gasteiger charge is -2.09. The number of pyridine rings is 1.